The van der Waals surface area contributed by atoms with E-state index in [1.165, 1.54) is 24.3 Å². The fourth-order valence-corrected chi connectivity index (χ4v) is 2.87. The molecule has 2 aromatic carbocycles. The van der Waals surface area contributed by atoms with Crippen LogP contribution in [0.3, 0.4) is 0 Å². The monoisotopic (exact) mass is 398 g/mol. The van der Waals surface area contributed by atoms with Gasteiger partial charge in [-0.1, -0.05) is 30.3 Å². The average Bonchev–Trinajstić information content (AvgIpc) is 2.79. The van der Waals surface area contributed by atoms with E-state index in [4.69, 9.17) is 10.2 Å². The maximum atomic E-state index is 11.2. The molecule has 146 valence electrons. The molecule has 0 aliphatic rings. The number of hydrogen-bond acceptors (Lipinski definition) is 6. The standard InChI is InChI=1S/C22H14N4O4/c27-21(28)15-8-4-13(5-9-15)18-19(14-6-10-16(11-7-14)22(29)30)25-26-20(24-18)17-3-1-2-12-23-17/h1-12H,(H,27,28)(H,29,30). The molecule has 0 bridgehead atoms. The summed E-state index contributed by atoms with van der Waals surface area (Å²) in [5.74, 6) is -1.74. The average molecular weight is 398 g/mol. The molecule has 4 rings (SSSR count). The van der Waals surface area contributed by atoms with Gasteiger partial charge in [0.05, 0.1) is 11.1 Å². The van der Waals surface area contributed by atoms with E-state index in [-0.39, 0.29) is 11.1 Å². The topological polar surface area (TPSA) is 126 Å². The molecule has 8 heteroatoms. The van der Waals surface area contributed by atoms with Crippen molar-refractivity contribution in [1.29, 1.82) is 0 Å². The fraction of sp³-hybridized carbons (Fsp3) is 0. The van der Waals surface area contributed by atoms with Gasteiger partial charge in [0, 0.05) is 17.3 Å². The maximum absolute atomic E-state index is 11.2. The van der Waals surface area contributed by atoms with Crippen molar-refractivity contribution >= 4 is 11.9 Å². The Bertz CT molecular complexity index is 1220. The zero-order chi connectivity index (χ0) is 21.1. The van der Waals surface area contributed by atoms with Crippen molar-refractivity contribution in [3.8, 4) is 34.0 Å². The molecule has 0 aliphatic heterocycles. The first-order valence-electron chi connectivity index (χ1n) is 8.86. The summed E-state index contributed by atoms with van der Waals surface area (Å²) >= 11 is 0. The van der Waals surface area contributed by atoms with E-state index in [1.54, 1.807) is 42.6 Å². The van der Waals surface area contributed by atoms with E-state index in [2.05, 4.69) is 20.2 Å². The van der Waals surface area contributed by atoms with Crippen molar-refractivity contribution in [3.63, 3.8) is 0 Å². The number of carbonyl (C=O) groups is 2. The van der Waals surface area contributed by atoms with Crippen molar-refractivity contribution < 1.29 is 19.8 Å². The van der Waals surface area contributed by atoms with Crippen LogP contribution in [0.1, 0.15) is 20.7 Å². The molecule has 0 unspecified atom stereocenters. The molecule has 2 heterocycles. The number of pyridine rings is 1. The first-order valence-corrected chi connectivity index (χ1v) is 8.86. The zero-order valence-corrected chi connectivity index (χ0v) is 15.4. The third-order valence-corrected chi connectivity index (χ3v) is 4.39. The minimum Gasteiger partial charge on any atom is -0.478 e. The Morgan fingerprint density at radius 2 is 1.23 bits per heavy atom. The lowest BCUT2D eigenvalue weighted by Gasteiger charge is -2.10. The van der Waals surface area contributed by atoms with Crippen LogP contribution in [0.5, 0.6) is 0 Å². The highest BCUT2D eigenvalue weighted by Crippen LogP contribution is 2.30. The molecular formula is C22H14N4O4. The minimum atomic E-state index is -1.03. The summed E-state index contributed by atoms with van der Waals surface area (Å²) in [7, 11) is 0. The highest BCUT2D eigenvalue weighted by atomic mass is 16.4. The first kappa shape index (κ1) is 18.9. The lowest BCUT2D eigenvalue weighted by atomic mass is 10.0. The van der Waals surface area contributed by atoms with Gasteiger partial charge in [0.2, 0.25) is 5.82 Å². The van der Waals surface area contributed by atoms with Gasteiger partial charge < -0.3 is 10.2 Å². The number of rotatable bonds is 5. The largest absolute Gasteiger partial charge is 0.478 e. The minimum absolute atomic E-state index is 0.150. The van der Waals surface area contributed by atoms with Crippen molar-refractivity contribution in [2.45, 2.75) is 0 Å². The van der Waals surface area contributed by atoms with Gasteiger partial charge in [0.15, 0.2) is 0 Å². The van der Waals surface area contributed by atoms with Crippen molar-refractivity contribution in [1.82, 2.24) is 20.2 Å². The van der Waals surface area contributed by atoms with Gasteiger partial charge in [-0.15, -0.1) is 10.2 Å². The summed E-state index contributed by atoms with van der Waals surface area (Å²) in [5.41, 5.74) is 3.03. The van der Waals surface area contributed by atoms with Crippen LogP contribution in [0.2, 0.25) is 0 Å². The van der Waals surface area contributed by atoms with Crippen LogP contribution < -0.4 is 0 Å². The molecule has 0 saturated heterocycles. The molecule has 0 radical (unpaired) electrons. The predicted octanol–water partition coefficient (Wildman–Crippen LogP) is 3.66. The third kappa shape index (κ3) is 3.74. The van der Waals surface area contributed by atoms with Crippen LogP contribution in [0.25, 0.3) is 34.0 Å². The van der Waals surface area contributed by atoms with Gasteiger partial charge in [-0.3, -0.25) is 4.98 Å². The molecule has 0 amide bonds. The molecule has 0 fully saturated rings. The Morgan fingerprint density at radius 1 is 0.667 bits per heavy atom. The van der Waals surface area contributed by atoms with Crippen LogP contribution in [0, 0.1) is 0 Å². The van der Waals surface area contributed by atoms with E-state index in [0.717, 1.165) is 0 Å². The molecule has 0 saturated carbocycles. The molecule has 30 heavy (non-hydrogen) atoms. The molecule has 0 spiro atoms. The number of carboxylic acid groups (broad SMARTS) is 2. The van der Waals surface area contributed by atoms with E-state index in [9.17, 15) is 9.59 Å². The maximum Gasteiger partial charge on any atom is 0.335 e. The lowest BCUT2D eigenvalue weighted by Crippen LogP contribution is -2.02. The molecule has 8 nitrogen and oxygen atoms in total. The van der Waals surface area contributed by atoms with Crippen molar-refractivity contribution in [2.75, 3.05) is 0 Å². The second-order valence-corrected chi connectivity index (χ2v) is 6.31. The number of aromatic carboxylic acids is 2. The number of aromatic nitrogens is 4. The smallest absolute Gasteiger partial charge is 0.335 e. The van der Waals surface area contributed by atoms with E-state index >= 15 is 0 Å². The van der Waals surface area contributed by atoms with E-state index in [0.29, 0.717) is 34.0 Å². The molecule has 2 N–H and O–H groups in total. The number of benzene rings is 2. The zero-order valence-electron chi connectivity index (χ0n) is 15.4. The van der Waals surface area contributed by atoms with Gasteiger partial charge in [0.1, 0.15) is 17.1 Å². The van der Waals surface area contributed by atoms with Crippen LogP contribution in [-0.2, 0) is 0 Å². The van der Waals surface area contributed by atoms with Crippen molar-refractivity contribution in [3.05, 3.63) is 84.1 Å². The Balaban J connectivity index is 1.86. The summed E-state index contributed by atoms with van der Waals surface area (Å²) in [6, 6.07) is 17.8. The molecule has 4 aromatic rings. The summed E-state index contributed by atoms with van der Waals surface area (Å²) in [6.45, 7) is 0. The SMILES string of the molecule is O=C(O)c1ccc(-c2nnc(-c3ccccn3)nc2-c2ccc(C(=O)O)cc2)cc1. The Labute approximate surface area is 170 Å². The number of hydrogen-bond donors (Lipinski definition) is 2. The lowest BCUT2D eigenvalue weighted by molar-refractivity contribution is 0.0686. The Hall–Kier alpha value is -4.46. The van der Waals surface area contributed by atoms with Crippen molar-refractivity contribution in [2.24, 2.45) is 0 Å². The van der Waals surface area contributed by atoms with E-state index in [1.807, 2.05) is 6.07 Å². The predicted molar refractivity (Wildman–Crippen MR) is 108 cm³/mol. The third-order valence-electron chi connectivity index (χ3n) is 4.39. The summed E-state index contributed by atoms with van der Waals surface area (Å²) < 4.78 is 0. The van der Waals surface area contributed by atoms with Crippen LogP contribution in [0.4, 0.5) is 0 Å². The van der Waals surface area contributed by atoms with Gasteiger partial charge in [-0.05, 0) is 36.4 Å². The van der Waals surface area contributed by atoms with Crippen LogP contribution in [-0.4, -0.2) is 42.3 Å². The fourth-order valence-electron chi connectivity index (χ4n) is 2.87. The van der Waals surface area contributed by atoms with Gasteiger partial charge in [0.25, 0.3) is 0 Å². The van der Waals surface area contributed by atoms with Crippen LogP contribution in [0.15, 0.2) is 72.9 Å². The number of nitrogens with zero attached hydrogens (tertiary/aromatic N) is 4. The molecular weight excluding hydrogens is 384 g/mol. The van der Waals surface area contributed by atoms with Gasteiger partial charge in [-0.25, -0.2) is 14.6 Å². The molecule has 0 atom stereocenters. The van der Waals surface area contributed by atoms with E-state index < -0.39 is 11.9 Å². The second kappa shape index (κ2) is 7.88. The quantitative estimate of drug-likeness (QED) is 0.521. The molecule has 0 aliphatic carbocycles. The Kier molecular flexibility index (Phi) is 4.96. The summed E-state index contributed by atoms with van der Waals surface area (Å²) in [4.78, 5) is 31.2. The Morgan fingerprint density at radius 3 is 1.73 bits per heavy atom. The first-order chi connectivity index (χ1) is 14.5. The normalized spacial score (nSPS) is 10.5. The molecule has 2 aromatic heterocycles. The summed E-state index contributed by atoms with van der Waals surface area (Å²) in [6.07, 6.45) is 1.62. The highest BCUT2D eigenvalue weighted by molar-refractivity contribution is 5.90. The number of carboxylic acids is 2. The van der Waals surface area contributed by atoms with Gasteiger partial charge >= 0.3 is 11.9 Å². The van der Waals surface area contributed by atoms with Gasteiger partial charge in [-0.2, -0.15) is 0 Å². The van der Waals surface area contributed by atoms with Crippen LogP contribution >= 0.6 is 0 Å². The highest BCUT2D eigenvalue weighted by Gasteiger charge is 2.16. The summed E-state index contributed by atoms with van der Waals surface area (Å²) in [5, 5.41) is 26.8. The second-order valence-electron chi connectivity index (χ2n) is 6.31.